The van der Waals surface area contributed by atoms with E-state index in [-0.39, 0.29) is 12.5 Å². The maximum atomic E-state index is 12.0. The fourth-order valence-corrected chi connectivity index (χ4v) is 2.13. The summed E-state index contributed by atoms with van der Waals surface area (Å²) in [5.41, 5.74) is 0.604. The van der Waals surface area contributed by atoms with Crippen molar-refractivity contribution < 1.29 is 9.90 Å². The molecule has 1 amide bonds. The molecule has 6 nitrogen and oxygen atoms in total. The van der Waals surface area contributed by atoms with E-state index in [0.717, 1.165) is 18.7 Å². The van der Waals surface area contributed by atoms with Gasteiger partial charge in [-0.25, -0.2) is 0 Å². The van der Waals surface area contributed by atoms with Crippen LogP contribution in [0.5, 0.6) is 0 Å². The number of nitrogens with zero attached hydrogens (tertiary/aromatic N) is 2. The molecule has 1 saturated heterocycles. The van der Waals surface area contributed by atoms with E-state index in [1.165, 1.54) is 0 Å². The minimum absolute atomic E-state index is 0.190. The quantitative estimate of drug-likeness (QED) is 0.671. The van der Waals surface area contributed by atoms with Gasteiger partial charge in [0, 0.05) is 20.1 Å². The Hall–Kier alpha value is -1.40. The maximum Gasteiger partial charge on any atom is 0.269 e. The number of carbonyl (C=O) groups is 1. The molecule has 1 aliphatic heterocycles. The van der Waals surface area contributed by atoms with E-state index < -0.39 is 5.60 Å². The molecule has 1 fully saturated rings. The minimum Gasteiger partial charge on any atom is -0.387 e. The Morgan fingerprint density at radius 3 is 3.06 bits per heavy atom. The first-order valence-electron chi connectivity index (χ1n) is 6.28. The molecule has 0 aromatic carbocycles. The van der Waals surface area contributed by atoms with Crippen molar-refractivity contribution in [1.29, 1.82) is 0 Å². The summed E-state index contributed by atoms with van der Waals surface area (Å²) in [4.78, 5) is 12.0. The second kappa shape index (κ2) is 5.07. The van der Waals surface area contributed by atoms with Gasteiger partial charge in [0.2, 0.25) is 0 Å². The second-order valence-electron chi connectivity index (χ2n) is 4.83. The smallest absolute Gasteiger partial charge is 0.269 e. The van der Waals surface area contributed by atoms with Crippen molar-refractivity contribution in [3.05, 3.63) is 17.5 Å². The van der Waals surface area contributed by atoms with E-state index in [1.54, 1.807) is 17.8 Å². The molecule has 1 aliphatic rings. The van der Waals surface area contributed by atoms with Gasteiger partial charge in [-0.15, -0.1) is 0 Å². The molecular formula is C12H20N4O2. The molecule has 100 valence electrons. The van der Waals surface area contributed by atoms with Crippen LogP contribution >= 0.6 is 0 Å². The first kappa shape index (κ1) is 13.0. The van der Waals surface area contributed by atoms with E-state index in [0.29, 0.717) is 18.7 Å². The van der Waals surface area contributed by atoms with Gasteiger partial charge < -0.3 is 15.7 Å². The highest BCUT2D eigenvalue weighted by molar-refractivity contribution is 5.92. The number of aryl methyl sites for hydroxylation is 2. The van der Waals surface area contributed by atoms with Crippen molar-refractivity contribution in [2.24, 2.45) is 7.05 Å². The van der Waals surface area contributed by atoms with Crippen LogP contribution in [0.4, 0.5) is 0 Å². The zero-order valence-electron chi connectivity index (χ0n) is 10.9. The number of amides is 1. The summed E-state index contributed by atoms with van der Waals surface area (Å²) in [5.74, 6) is -0.190. The third-order valence-electron chi connectivity index (χ3n) is 3.32. The summed E-state index contributed by atoms with van der Waals surface area (Å²) in [6.45, 7) is 3.58. The Morgan fingerprint density at radius 2 is 2.50 bits per heavy atom. The summed E-state index contributed by atoms with van der Waals surface area (Å²) in [6, 6.07) is 1.78. The number of hydrogen-bond acceptors (Lipinski definition) is 4. The molecule has 0 bridgehead atoms. The van der Waals surface area contributed by atoms with Crippen molar-refractivity contribution in [2.45, 2.75) is 25.4 Å². The Bertz CT molecular complexity index is 435. The average molecular weight is 252 g/mol. The number of carbonyl (C=O) groups excluding carboxylic acids is 1. The highest BCUT2D eigenvalue weighted by atomic mass is 16.3. The first-order chi connectivity index (χ1) is 8.54. The van der Waals surface area contributed by atoms with E-state index in [9.17, 15) is 9.90 Å². The monoisotopic (exact) mass is 252 g/mol. The molecule has 18 heavy (non-hydrogen) atoms. The lowest BCUT2D eigenvalue weighted by Gasteiger charge is -2.21. The summed E-state index contributed by atoms with van der Waals surface area (Å²) in [6.07, 6.45) is 1.47. The van der Waals surface area contributed by atoms with Crippen molar-refractivity contribution in [2.75, 3.05) is 19.6 Å². The third kappa shape index (κ3) is 2.70. The lowest BCUT2D eigenvalue weighted by Crippen LogP contribution is -2.44. The molecule has 3 N–H and O–H groups in total. The first-order valence-corrected chi connectivity index (χ1v) is 6.28. The maximum absolute atomic E-state index is 12.0. The SMILES string of the molecule is CCc1cc(C(=O)NCC2(O)CCNC2)n(C)n1. The van der Waals surface area contributed by atoms with Gasteiger partial charge in [0.25, 0.3) is 5.91 Å². The number of aromatic nitrogens is 2. The van der Waals surface area contributed by atoms with Crippen LogP contribution < -0.4 is 10.6 Å². The Kier molecular flexibility index (Phi) is 3.68. The molecule has 2 rings (SSSR count). The molecule has 1 aromatic heterocycles. The van der Waals surface area contributed by atoms with Crippen LogP contribution in [-0.2, 0) is 13.5 Å². The van der Waals surface area contributed by atoms with Crippen molar-refractivity contribution >= 4 is 5.91 Å². The summed E-state index contributed by atoms with van der Waals surface area (Å²) < 4.78 is 1.57. The Labute approximate surface area is 106 Å². The van der Waals surface area contributed by atoms with Crippen LogP contribution in [0.3, 0.4) is 0 Å². The molecule has 0 saturated carbocycles. The fraction of sp³-hybridized carbons (Fsp3) is 0.667. The second-order valence-corrected chi connectivity index (χ2v) is 4.83. The van der Waals surface area contributed by atoms with Crippen LogP contribution in [-0.4, -0.2) is 46.0 Å². The molecule has 2 heterocycles. The predicted molar refractivity (Wildman–Crippen MR) is 67.4 cm³/mol. The normalized spacial score (nSPS) is 23.3. The van der Waals surface area contributed by atoms with Crippen molar-refractivity contribution in [1.82, 2.24) is 20.4 Å². The largest absolute Gasteiger partial charge is 0.387 e. The zero-order chi connectivity index (χ0) is 13.2. The van der Waals surface area contributed by atoms with Gasteiger partial charge in [-0.05, 0) is 25.5 Å². The molecule has 1 unspecified atom stereocenters. The van der Waals surface area contributed by atoms with Gasteiger partial charge >= 0.3 is 0 Å². The van der Waals surface area contributed by atoms with Crippen LogP contribution in [0.2, 0.25) is 0 Å². The minimum atomic E-state index is -0.818. The van der Waals surface area contributed by atoms with E-state index in [1.807, 2.05) is 6.92 Å². The summed E-state index contributed by atoms with van der Waals surface area (Å²) in [5, 5.41) is 20.2. The van der Waals surface area contributed by atoms with Crippen LogP contribution in [0.25, 0.3) is 0 Å². The topological polar surface area (TPSA) is 79.2 Å². The Balaban J connectivity index is 1.96. The third-order valence-corrected chi connectivity index (χ3v) is 3.32. The number of β-amino-alcohol motifs (C(OH)–C–C–N with tert-alkyl or cyclic N) is 1. The van der Waals surface area contributed by atoms with E-state index in [4.69, 9.17) is 0 Å². The van der Waals surface area contributed by atoms with E-state index >= 15 is 0 Å². The predicted octanol–water partition coefficient (Wildman–Crippen LogP) is -0.563. The van der Waals surface area contributed by atoms with Gasteiger partial charge in [-0.3, -0.25) is 9.48 Å². The molecule has 1 aromatic rings. The number of hydrogen-bond donors (Lipinski definition) is 3. The molecular weight excluding hydrogens is 232 g/mol. The number of rotatable bonds is 4. The van der Waals surface area contributed by atoms with Crippen molar-refractivity contribution in [3.8, 4) is 0 Å². The molecule has 0 spiro atoms. The van der Waals surface area contributed by atoms with Gasteiger partial charge in [0.1, 0.15) is 5.69 Å². The lowest BCUT2D eigenvalue weighted by atomic mass is 10.0. The molecule has 1 atom stereocenters. The van der Waals surface area contributed by atoms with E-state index in [2.05, 4.69) is 15.7 Å². The zero-order valence-corrected chi connectivity index (χ0v) is 10.9. The highest BCUT2D eigenvalue weighted by Gasteiger charge is 2.31. The number of aliphatic hydroxyl groups is 1. The van der Waals surface area contributed by atoms with Gasteiger partial charge in [0.15, 0.2) is 0 Å². The lowest BCUT2D eigenvalue weighted by molar-refractivity contribution is 0.0559. The van der Waals surface area contributed by atoms with Crippen LogP contribution in [0.1, 0.15) is 29.5 Å². The Morgan fingerprint density at radius 1 is 1.72 bits per heavy atom. The summed E-state index contributed by atoms with van der Waals surface area (Å²) in [7, 11) is 1.75. The van der Waals surface area contributed by atoms with Crippen molar-refractivity contribution in [3.63, 3.8) is 0 Å². The van der Waals surface area contributed by atoms with Gasteiger partial charge in [0.05, 0.1) is 11.3 Å². The van der Waals surface area contributed by atoms with Gasteiger partial charge in [-0.2, -0.15) is 5.10 Å². The highest BCUT2D eigenvalue weighted by Crippen LogP contribution is 2.13. The van der Waals surface area contributed by atoms with Crippen LogP contribution in [0, 0.1) is 0 Å². The number of nitrogens with one attached hydrogen (secondary N) is 2. The molecule has 0 aliphatic carbocycles. The average Bonchev–Trinajstić information content (AvgIpc) is 2.93. The molecule has 0 radical (unpaired) electrons. The standard InChI is InChI=1S/C12H20N4O2/c1-3-9-6-10(16(2)15-9)11(17)14-8-12(18)4-5-13-7-12/h6,13,18H,3-5,7-8H2,1-2H3,(H,14,17). The summed E-state index contributed by atoms with van der Waals surface area (Å²) >= 11 is 0. The molecule has 6 heteroatoms. The fourth-order valence-electron chi connectivity index (χ4n) is 2.13. The van der Waals surface area contributed by atoms with Crippen LogP contribution in [0.15, 0.2) is 6.07 Å². The van der Waals surface area contributed by atoms with Gasteiger partial charge in [-0.1, -0.05) is 6.92 Å².